The smallest absolute Gasteiger partial charge is 0.305 e. The Balaban J connectivity index is 3.50. The molecular formula is C54H105NO5. The Bertz CT molecular complexity index is 893. The zero-order valence-electron chi connectivity index (χ0n) is 40.5. The molecule has 356 valence electrons. The summed E-state index contributed by atoms with van der Waals surface area (Å²) < 4.78 is 5.42. The highest BCUT2D eigenvalue weighted by atomic mass is 16.5. The number of hydrogen-bond donors (Lipinski definition) is 3. The molecule has 2 atom stereocenters. The SMILES string of the molecule is CCCCCCCCCCCCCCCCCCCCCCCC(O)C(CO)NC(=O)CCCCCCC/C=C\CCCCOC(=O)CCCCCCCCCCCCC. The van der Waals surface area contributed by atoms with Crippen molar-refractivity contribution in [3.63, 3.8) is 0 Å². The van der Waals surface area contributed by atoms with Gasteiger partial charge in [0, 0.05) is 12.8 Å². The first-order chi connectivity index (χ1) is 29.5. The van der Waals surface area contributed by atoms with Gasteiger partial charge >= 0.3 is 5.97 Å². The summed E-state index contributed by atoms with van der Waals surface area (Å²) in [6.45, 7) is 4.89. The number of aliphatic hydroxyl groups excluding tert-OH is 2. The van der Waals surface area contributed by atoms with E-state index in [1.54, 1.807) is 0 Å². The lowest BCUT2D eigenvalue weighted by Gasteiger charge is -2.22. The van der Waals surface area contributed by atoms with Crippen molar-refractivity contribution in [3.05, 3.63) is 12.2 Å². The molecule has 0 aromatic heterocycles. The number of aliphatic hydroxyl groups is 2. The monoisotopic (exact) mass is 848 g/mol. The van der Waals surface area contributed by atoms with E-state index in [4.69, 9.17) is 4.74 Å². The minimum absolute atomic E-state index is 0.0307. The van der Waals surface area contributed by atoms with Crippen molar-refractivity contribution in [1.29, 1.82) is 0 Å². The third-order valence-electron chi connectivity index (χ3n) is 12.6. The normalized spacial score (nSPS) is 12.7. The van der Waals surface area contributed by atoms with Crippen LogP contribution in [0.1, 0.15) is 296 Å². The van der Waals surface area contributed by atoms with E-state index in [1.165, 1.54) is 186 Å². The van der Waals surface area contributed by atoms with Gasteiger partial charge in [-0.1, -0.05) is 244 Å². The average Bonchev–Trinajstić information content (AvgIpc) is 3.25. The number of rotatable bonds is 50. The highest BCUT2D eigenvalue weighted by molar-refractivity contribution is 5.76. The van der Waals surface area contributed by atoms with Gasteiger partial charge in [0.25, 0.3) is 0 Å². The molecule has 0 aromatic rings. The summed E-state index contributed by atoms with van der Waals surface area (Å²) in [5.41, 5.74) is 0. The lowest BCUT2D eigenvalue weighted by Crippen LogP contribution is -2.45. The average molecular weight is 848 g/mol. The van der Waals surface area contributed by atoms with Crippen LogP contribution >= 0.6 is 0 Å². The van der Waals surface area contributed by atoms with Crippen LogP contribution in [-0.4, -0.2) is 47.4 Å². The van der Waals surface area contributed by atoms with Gasteiger partial charge in [0.2, 0.25) is 5.91 Å². The highest BCUT2D eigenvalue weighted by Crippen LogP contribution is 2.17. The van der Waals surface area contributed by atoms with E-state index >= 15 is 0 Å². The summed E-state index contributed by atoms with van der Waals surface area (Å²) >= 11 is 0. The minimum Gasteiger partial charge on any atom is -0.466 e. The molecule has 0 aliphatic carbocycles. The van der Waals surface area contributed by atoms with E-state index in [0.717, 1.165) is 77.0 Å². The summed E-state index contributed by atoms with van der Waals surface area (Å²) in [6.07, 6.45) is 57.6. The molecule has 0 radical (unpaired) electrons. The first kappa shape index (κ1) is 58.6. The van der Waals surface area contributed by atoms with Crippen molar-refractivity contribution < 1.29 is 24.5 Å². The molecule has 0 bridgehead atoms. The van der Waals surface area contributed by atoms with E-state index in [-0.39, 0.29) is 18.5 Å². The summed E-state index contributed by atoms with van der Waals surface area (Å²) in [5, 5.41) is 23.3. The van der Waals surface area contributed by atoms with Gasteiger partial charge in [-0.15, -0.1) is 0 Å². The lowest BCUT2D eigenvalue weighted by atomic mass is 10.0. The molecule has 1 amide bonds. The zero-order valence-corrected chi connectivity index (χ0v) is 40.5. The second-order valence-electron chi connectivity index (χ2n) is 18.6. The fourth-order valence-corrected chi connectivity index (χ4v) is 8.40. The molecule has 0 aliphatic heterocycles. The molecule has 3 N–H and O–H groups in total. The third-order valence-corrected chi connectivity index (χ3v) is 12.6. The number of hydrogen-bond acceptors (Lipinski definition) is 5. The maximum atomic E-state index is 12.5. The van der Waals surface area contributed by atoms with Gasteiger partial charge in [0.1, 0.15) is 0 Å². The topological polar surface area (TPSA) is 95.9 Å². The summed E-state index contributed by atoms with van der Waals surface area (Å²) in [5.74, 6) is -0.0919. The van der Waals surface area contributed by atoms with Crippen molar-refractivity contribution in [1.82, 2.24) is 5.32 Å². The molecule has 0 heterocycles. The van der Waals surface area contributed by atoms with Gasteiger partial charge in [-0.2, -0.15) is 0 Å². The fraction of sp³-hybridized carbons (Fsp3) is 0.926. The van der Waals surface area contributed by atoms with Crippen LogP contribution in [0.5, 0.6) is 0 Å². The minimum atomic E-state index is -0.682. The Morgan fingerprint density at radius 1 is 0.450 bits per heavy atom. The van der Waals surface area contributed by atoms with Crippen molar-refractivity contribution in [2.24, 2.45) is 0 Å². The Morgan fingerprint density at radius 2 is 0.783 bits per heavy atom. The van der Waals surface area contributed by atoms with Gasteiger partial charge in [-0.25, -0.2) is 0 Å². The Hall–Kier alpha value is -1.40. The molecule has 6 heteroatoms. The molecule has 0 aromatic carbocycles. The van der Waals surface area contributed by atoms with Crippen LogP contribution in [-0.2, 0) is 14.3 Å². The zero-order chi connectivity index (χ0) is 43.7. The first-order valence-corrected chi connectivity index (χ1v) is 26.9. The van der Waals surface area contributed by atoms with Gasteiger partial charge in [0.15, 0.2) is 0 Å². The molecule has 0 saturated heterocycles. The summed E-state index contributed by atoms with van der Waals surface area (Å²) in [4.78, 5) is 24.4. The van der Waals surface area contributed by atoms with Crippen LogP contribution in [0, 0.1) is 0 Å². The molecule has 0 saturated carbocycles. The van der Waals surface area contributed by atoms with Crippen LogP contribution in [0.25, 0.3) is 0 Å². The number of carbonyl (C=O) groups is 2. The van der Waals surface area contributed by atoms with Gasteiger partial charge in [-0.05, 0) is 51.4 Å². The third kappa shape index (κ3) is 46.1. The summed E-state index contributed by atoms with van der Waals surface area (Å²) in [6, 6.07) is -0.562. The Kier molecular flexibility index (Phi) is 49.1. The standard InChI is InChI=1S/C54H105NO5/c1-3-5-7-9-11-13-15-16-17-18-19-20-21-22-23-24-27-30-34-38-42-46-52(57)51(50-56)55-53(58)47-43-39-35-31-28-25-29-33-37-41-45-49-60-54(59)48-44-40-36-32-26-14-12-10-8-6-4-2/h29,33,51-52,56-57H,3-28,30-32,34-50H2,1-2H3,(H,55,58)/b33-29-. The van der Waals surface area contributed by atoms with Crippen molar-refractivity contribution >= 4 is 11.9 Å². The number of esters is 1. The van der Waals surface area contributed by atoms with Crippen LogP contribution in [0.2, 0.25) is 0 Å². The molecule has 0 spiro atoms. The van der Waals surface area contributed by atoms with E-state index in [2.05, 4.69) is 31.3 Å². The number of amides is 1. The number of unbranched alkanes of at least 4 members (excludes halogenated alkanes) is 37. The van der Waals surface area contributed by atoms with Gasteiger partial charge in [0.05, 0.1) is 25.4 Å². The number of ether oxygens (including phenoxy) is 1. The van der Waals surface area contributed by atoms with Crippen molar-refractivity contribution in [2.75, 3.05) is 13.2 Å². The van der Waals surface area contributed by atoms with Crippen LogP contribution < -0.4 is 5.32 Å². The number of allylic oxidation sites excluding steroid dienone is 2. The van der Waals surface area contributed by atoms with E-state index < -0.39 is 12.1 Å². The molecule has 0 fully saturated rings. The predicted molar refractivity (Wildman–Crippen MR) is 260 cm³/mol. The van der Waals surface area contributed by atoms with Gasteiger partial charge < -0.3 is 20.3 Å². The molecule has 6 nitrogen and oxygen atoms in total. The van der Waals surface area contributed by atoms with Crippen molar-refractivity contribution in [3.8, 4) is 0 Å². The van der Waals surface area contributed by atoms with Crippen LogP contribution in [0.15, 0.2) is 12.2 Å². The predicted octanol–water partition coefficient (Wildman–Crippen LogP) is 16.1. The highest BCUT2D eigenvalue weighted by Gasteiger charge is 2.20. The molecule has 0 rings (SSSR count). The Morgan fingerprint density at radius 3 is 1.18 bits per heavy atom. The maximum absolute atomic E-state index is 12.5. The van der Waals surface area contributed by atoms with Crippen molar-refractivity contribution in [2.45, 2.75) is 309 Å². The fourth-order valence-electron chi connectivity index (χ4n) is 8.40. The lowest BCUT2D eigenvalue weighted by molar-refractivity contribution is -0.143. The molecule has 0 aliphatic rings. The molecule has 60 heavy (non-hydrogen) atoms. The summed E-state index contributed by atoms with van der Waals surface area (Å²) in [7, 11) is 0. The van der Waals surface area contributed by atoms with Crippen LogP contribution in [0.3, 0.4) is 0 Å². The maximum Gasteiger partial charge on any atom is 0.305 e. The largest absolute Gasteiger partial charge is 0.466 e. The second kappa shape index (κ2) is 50.2. The second-order valence-corrected chi connectivity index (χ2v) is 18.6. The number of nitrogens with one attached hydrogen (secondary N) is 1. The first-order valence-electron chi connectivity index (χ1n) is 26.9. The molecular weight excluding hydrogens is 743 g/mol. The van der Waals surface area contributed by atoms with E-state index in [1.807, 2.05) is 0 Å². The van der Waals surface area contributed by atoms with E-state index in [0.29, 0.717) is 25.9 Å². The Labute approximate surface area is 374 Å². The van der Waals surface area contributed by atoms with Gasteiger partial charge in [-0.3, -0.25) is 9.59 Å². The number of carbonyl (C=O) groups excluding carboxylic acids is 2. The molecule has 2 unspecified atom stereocenters. The quantitative estimate of drug-likeness (QED) is 0.0322. The van der Waals surface area contributed by atoms with E-state index in [9.17, 15) is 19.8 Å². The van der Waals surface area contributed by atoms with Crippen LogP contribution in [0.4, 0.5) is 0 Å².